The van der Waals surface area contributed by atoms with Gasteiger partial charge in [-0.15, -0.1) is 12.4 Å². The molecular formula is C25H31ClN4O. The highest BCUT2D eigenvalue weighted by Crippen LogP contribution is 2.31. The van der Waals surface area contributed by atoms with Crippen LogP contribution in [0.5, 0.6) is 0 Å². The van der Waals surface area contributed by atoms with Crippen molar-refractivity contribution in [3.63, 3.8) is 0 Å². The van der Waals surface area contributed by atoms with Gasteiger partial charge < -0.3 is 15.5 Å². The Morgan fingerprint density at radius 1 is 1.19 bits per heavy atom. The summed E-state index contributed by atoms with van der Waals surface area (Å²) < 4.78 is 0. The summed E-state index contributed by atoms with van der Waals surface area (Å²) in [6, 6.07) is 14.0. The summed E-state index contributed by atoms with van der Waals surface area (Å²) >= 11 is 0. The second kappa shape index (κ2) is 10.9. The largest absolute Gasteiger partial charge is 0.384 e. The standard InChI is InChI=1S/C25H30N4O.ClH/c1-18-16-20(13-14-24(18)29(19(2)30)22-10-4-5-11-22)8-7-15-28(3)23-12-6-9-21(17-23)25(26)27;/h6,9,12-14,16-17,22H,4-5,10-11,15H2,1-3H3,(H3,26,27);1H. The third-order valence-corrected chi connectivity index (χ3v) is 5.63. The predicted molar refractivity (Wildman–Crippen MR) is 131 cm³/mol. The molecule has 164 valence electrons. The molecule has 1 saturated carbocycles. The lowest BCUT2D eigenvalue weighted by molar-refractivity contribution is -0.117. The summed E-state index contributed by atoms with van der Waals surface area (Å²) in [4.78, 5) is 16.3. The van der Waals surface area contributed by atoms with Crippen LogP contribution in [0.15, 0.2) is 42.5 Å². The summed E-state index contributed by atoms with van der Waals surface area (Å²) in [6.07, 6.45) is 4.55. The topological polar surface area (TPSA) is 73.4 Å². The van der Waals surface area contributed by atoms with Gasteiger partial charge in [0.1, 0.15) is 5.84 Å². The van der Waals surface area contributed by atoms with Gasteiger partial charge in [-0.3, -0.25) is 10.2 Å². The number of carbonyl (C=O) groups excluding carboxylic acids is 1. The minimum atomic E-state index is 0. The summed E-state index contributed by atoms with van der Waals surface area (Å²) in [5.41, 5.74) is 10.3. The third-order valence-electron chi connectivity index (χ3n) is 5.63. The van der Waals surface area contributed by atoms with Crippen LogP contribution in [-0.2, 0) is 4.79 Å². The number of nitrogens with two attached hydrogens (primary N) is 1. The second-order valence-electron chi connectivity index (χ2n) is 7.95. The normalized spacial score (nSPS) is 13.0. The second-order valence-corrected chi connectivity index (χ2v) is 7.95. The average molecular weight is 439 g/mol. The number of benzene rings is 2. The zero-order valence-corrected chi connectivity index (χ0v) is 19.3. The minimum absolute atomic E-state index is 0. The van der Waals surface area contributed by atoms with Gasteiger partial charge in [0.15, 0.2) is 0 Å². The molecule has 1 fully saturated rings. The molecule has 0 bridgehead atoms. The molecule has 1 aliphatic carbocycles. The number of amidine groups is 1. The van der Waals surface area contributed by atoms with E-state index in [9.17, 15) is 4.79 Å². The van der Waals surface area contributed by atoms with Gasteiger partial charge in [-0.05, 0) is 55.7 Å². The Labute approximate surface area is 191 Å². The van der Waals surface area contributed by atoms with Crippen molar-refractivity contribution in [2.75, 3.05) is 23.4 Å². The first kappa shape index (κ1) is 24.3. The molecule has 0 atom stereocenters. The quantitative estimate of drug-likeness (QED) is 0.410. The van der Waals surface area contributed by atoms with Crippen LogP contribution >= 0.6 is 12.4 Å². The maximum atomic E-state index is 12.3. The number of halogens is 1. The lowest BCUT2D eigenvalue weighted by Crippen LogP contribution is -2.37. The molecule has 0 aromatic heterocycles. The summed E-state index contributed by atoms with van der Waals surface area (Å²) in [7, 11) is 1.97. The smallest absolute Gasteiger partial charge is 0.224 e. The number of rotatable bonds is 5. The van der Waals surface area contributed by atoms with Gasteiger partial charge in [0.2, 0.25) is 5.91 Å². The first-order valence-corrected chi connectivity index (χ1v) is 10.4. The van der Waals surface area contributed by atoms with Crippen LogP contribution in [-0.4, -0.2) is 31.4 Å². The lowest BCUT2D eigenvalue weighted by atomic mass is 10.1. The van der Waals surface area contributed by atoms with E-state index in [-0.39, 0.29) is 24.1 Å². The Hall–Kier alpha value is -2.97. The van der Waals surface area contributed by atoms with Crippen molar-refractivity contribution >= 4 is 35.5 Å². The molecule has 0 saturated heterocycles. The van der Waals surface area contributed by atoms with Crippen molar-refractivity contribution in [2.24, 2.45) is 5.73 Å². The maximum Gasteiger partial charge on any atom is 0.224 e. The van der Waals surface area contributed by atoms with Crippen LogP contribution in [0.2, 0.25) is 0 Å². The predicted octanol–water partition coefficient (Wildman–Crippen LogP) is 4.48. The molecule has 31 heavy (non-hydrogen) atoms. The average Bonchev–Trinajstić information content (AvgIpc) is 3.23. The van der Waals surface area contributed by atoms with Gasteiger partial charge in [0.05, 0.1) is 6.54 Å². The van der Waals surface area contributed by atoms with E-state index >= 15 is 0 Å². The number of hydrogen-bond donors (Lipinski definition) is 2. The molecular weight excluding hydrogens is 408 g/mol. The van der Waals surface area contributed by atoms with E-state index in [2.05, 4.69) is 17.9 Å². The van der Waals surface area contributed by atoms with E-state index < -0.39 is 0 Å². The zero-order valence-electron chi connectivity index (χ0n) is 18.4. The van der Waals surface area contributed by atoms with E-state index in [0.717, 1.165) is 35.3 Å². The van der Waals surface area contributed by atoms with Gasteiger partial charge in [0.25, 0.3) is 0 Å². The summed E-state index contributed by atoms with van der Waals surface area (Å²) in [5.74, 6) is 6.61. The van der Waals surface area contributed by atoms with Crippen molar-refractivity contribution in [3.05, 3.63) is 59.2 Å². The van der Waals surface area contributed by atoms with Crippen LogP contribution in [0.3, 0.4) is 0 Å². The minimum Gasteiger partial charge on any atom is -0.384 e. The molecule has 2 aromatic rings. The third kappa shape index (κ3) is 6.02. The Morgan fingerprint density at radius 2 is 1.90 bits per heavy atom. The van der Waals surface area contributed by atoms with E-state index in [1.165, 1.54) is 12.8 Å². The number of nitrogens with zero attached hydrogens (tertiary/aromatic N) is 2. The molecule has 0 spiro atoms. The van der Waals surface area contributed by atoms with Gasteiger partial charge in [-0.25, -0.2) is 0 Å². The fourth-order valence-corrected chi connectivity index (χ4v) is 4.05. The van der Waals surface area contributed by atoms with Gasteiger partial charge >= 0.3 is 0 Å². The number of aryl methyl sites for hydroxylation is 1. The number of anilines is 2. The van der Waals surface area contributed by atoms with Crippen LogP contribution in [0.4, 0.5) is 11.4 Å². The van der Waals surface area contributed by atoms with Crippen LogP contribution < -0.4 is 15.5 Å². The van der Waals surface area contributed by atoms with Crippen molar-refractivity contribution < 1.29 is 4.79 Å². The number of nitrogens with one attached hydrogen (secondary N) is 1. The fraction of sp³-hybridized carbons (Fsp3) is 0.360. The van der Waals surface area contributed by atoms with Crippen molar-refractivity contribution in [1.82, 2.24) is 0 Å². The SMILES string of the molecule is CC(=O)N(c1ccc(C#CCN(C)c2cccc(C(=N)N)c2)cc1C)C1CCCC1.Cl. The van der Waals surface area contributed by atoms with Gasteiger partial charge in [0, 0.05) is 42.5 Å². The summed E-state index contributed by atoms with van der Waals surface area (Å²) in [5, 5.41) is 7.58. The summed E-state index contributed by atoms with van der Waals surface area (Å²) in [6.45, 7) is 4.26. The Kier molecular flexibility index (Phi) is 8.53. The van der Waals surface area contributed by atoms with Crippen LogP contribution in [0, 0.1) is 24.2 Å². The van der Waals surface area contributed by atoms with Crippen LogP contribution in [0.25, 0.3) is 0 Å². The molecule has 3 N–H and O–H groups in total. The lowest BCUT2D eigenvalue weighted by Gasteiger charge is -2.29. The highest BCUT2D eigenvalue weighted by molar-refractivity contribution is 5.95. The molecule has 0 aliphatic heterocycles. The molecule has 5 nitrogen and oxygen atoms in total. The Morgan fingerprint density at radius 3 is 2.52 bits per heavy atom. The number of carbonyl (C=O) groups is 1. The Bertz CT molecular complexity index is 1000. The van der Waals surface area contributed by atoms with Crippen molar-refractivity contribution in [3.8, 4) is 11.8 Å². The highest BCUT2D eigenvalue weighted by atomic mass is 35.5. The zero-order chi connectivity index (χ0) is 21.7. The molecule has 0 unspecified atom stereocenters. The van der Waals surface area contributed by atoms with E-state index in [1.54, 1.807) is 6.92 Å². The first-order chi connectivity index (χ1) is 14.4. The molecule has 1 aliphatic rings. The van der Waals surface area contributed by atoms with E-state index in [1.807, 2.05) is 60.2 Å². The van der Waals surface area contributed by atoms with Crippen molar-refractivity contribution in [2.45, 2.75) is 45.6 Å². The molecule has 0 heterocycles. The van der Waals surface area contributed by atoms with Gasteiger partial charge in [-0.1, -0.05) is 36.8 Å². The molecule has 3 rings (SSSR count). The number of amides is 1. The molecule has 2 aromatic carbocycles. The molecule has 6 heteroatoms. The Balaban J connectivity index is 0.00000341. The van der Waals surface area contributed by atoms with E-state index in [0.29, 0.717) is 18.2 Å². The van der Waals surface area contributed by atoms with E-state index in [4.69, 9.17) is 11.1 Å². The molecule has 0 radical (unpaired) electrons. The monoisotopic (exact) mass is 438 g/mol. The number of nitrogen functional groups attached to an aromatic ring is 1. The maximum absolute atomic E-state index is 12.3. The highest BCUT2D eigenvalue weighted by Gasteiger charge is 2.26. The van der Waals surface area contributed by atoms with Crippen LogP contribution in [0.1, 0.15) is 49.3 Å². The number of hydrogen-bond acceptors (Lipinski definition) is 3. The van der Waals surface area contributed by atoms with Gasteiger partial charge in [-0.2, -0.15) is 0 Å². The first-order valence-electron chi connectivity index (χ1n) is 10.4. The fourth-order valence-electron chi connectivity index (χ4n) is 4.05. The van der Waals surface area contributed by atoms with Crippen molar-refractivity contribution in [1.29, 1.82) is 5.41 Å². The molecule has 1 amide bonds.